The fraction of sp³-hybridized carbons (Fsp3) is 0.160. The average molecular weight is 463 g/mol. The van der Waals surface area contributed by atoms with Gasteiger partial charge in [0, 0.05) is 18.3 Å². The molecule has 1 N–H and O–H groups in total. The second kappa shape index (κ2) is 8.29. The quantitative estimate of drug-likeness (QED) is 0.579. The Kier molecular flexibility index (Phi) is 5.30. The van der Waals surface area contributed by atoms with Crippen molar-refractivity contribution in [2.45, 2.75) is 20.0 Å². The molecule has 0 amide bonds. The molecule has 7 nitrogen and oxygen atoms in total. The second-order valence-corrected chi connectivity index (χ2v) is 9.75. The summed E-state index contributed by atoms with van der Waals surface area (Å²) in [6.45, 7) is 2.61. The predicted octanol–water partition coefficient (Wildman–Crippen LogP) is 3.89. The van der Waals surface area contributed by atoms with Gasteiger partial charge in [-0.3, -0.25) is 9.10 Å². The number of benzene rings is 3. The molecule has 0 bridgehead atoms. The number of nitrogens with zero attached hydrogens (tertiary/aromatic N) is 1. The van der Waals surface area contributed by atoms with E-state index in [0.29, 0.717) is 29.3 Å². The Bertz CT molecular complexity index is 1360. The van der Waals surface area contributed by atoms with Crippen LogP contribution in [0.1, 0.15) is 27.0 Å². The predicted molar refractivity (Wildman–Crippen MR) is 125 cm³/mol. The topological polar surface area (TPSA) is 84.9 Å². The van der Waals surface area contributed by atoms with E-state index in [9.17, 15) is 13.2 Å². The van der Waals surface area contributed by atoms with Gasteiger partial charge in [-0.25, -0.2) is 8.42 Å². The van der Waals surface area contributed by atoms with Crippen molar-refractivity contribution < 1.29 is 22.7 Å². The fourth-order valence-electron chi connectivity index (χ4n) is 3.86. The lowest BCUT2D eigenvalue weighted by atomic mass is 10.1. The number of aryl methyl sites for hydroxylation is 1. The summed E-state index contributed by atoms with van der Waals surface area (Å²) in [5.74, 6) is 0.788. The van der Waals surface area contributed by atoms with E-state index in [-0.39, 0.29) is 18.2 Å². The highest BCUT2D eigenvalue weighted by molar-refractivity contribution is 7.97. The fourth-order valence-corrected chi connectivity index (χ4v) is 5.41. The summed E-state index contributed by atoms with van der Waals surface area (Å²) in [5.41, 5.74) is 3.53. The van der Waals surface area contributed by atoms with Crippen molar-refractivity contribution in [1.29, 1.82) is 0 Å². The lowest BCUT2D eigenvalue weighted by Crippen LogP contribution is -2.39. The second-order valence-electron chi connectivity index (χ2n) is 7.92. The molecule has 0 fully saturated rings. The molecular weight excluding hydrogens is 440 g/mol. The van der Waals surface area contributed by atoms with Crippen molar-refractivity contribution in [3.63, 3.8) is 0 Å². The Morgan fingerprint density at radius 2 is 1.70 bits per heavy atom. The Labute approximate surface area is 192 Å². The molecule has 2 aliphatic heterocycles. The maximum Gasteiger partial charge on any atom is 0.270 e. The zero-order valence-electron chi connectivity index (χ0n) is 17.9. The molecule has 2 aliphatic rings. The van der Waals surface area contributed by atoms with Crippen molar-refractivity contribution in [2.75, 3.05) is 11.1 Å². The van der Waals surface area contributed by atoms with Crippen LogP contribution in [0.15, 0.2) is 77.8 Å². The molecule has 0 radical (unpaired) electrons. The van der Waals surface area contributed by atoms with Crippen LogP contribution < -0.4 is 19.1 Å². The third-order valence-corrected chi connectivity index (χ3v) is 7.40. The number of Topliss-reactive ketones (excluding diaryl/α,β-unsaturated/α-hetero) is 1. The summed E-state index contributed by atoms with van der Waals surface area (Å²) in [5, 5.41) is 2.99. The van der Waals surface area contributed by atoms with Gasteiger partial charge in [-0.15, -0.1) is 0 Å². The monoisotopic (exact) mass is 462 g/mol. The molecule has 168 valence electrons. The first-order chi connectivity index (χ1) is 15.9. The summed E-state index contributed by atoms with van der Waals surface area (Å²) < 4.78 is 39.0. The van der Waals surface area contributed by atoms with Gasteiger partial charge in [0.2, 0.25) is 12.6 Å². The van der Waals surface area contributed by atoms with Crippen LogP contribution in [0.5, 0.6) is 11.5 Å². The zero-order valence-corrected chi connectivity index (χ0v) is 18.8. The number of nitrogens with one attached hydrogen (secondary N) is 1. The number of fused-ring (bicyclic) bond motifs is 2. The lowest BCUT2D eigenvalue weighted by Gasteiger charge is -2.31. The van der Waals surface area contributed by atoms with Gasteiger partial charge in [0.25, 0.3) is 10.0 Å². The Balaban J connectivity index is 1.45. The lowest BCUT2D eigenvalue weighted by molar-refractivity contribution is 0.104. The van der Waals surface area contributed by atoms with Crippen molar-refractivity contribution in [2.24, 2.45) is 0 Å². The van der Waals surface area contributed by atoms with E-state index in [4.69, 9.17) is 9.47 Å². The molecule has 5 rings (SSSR count). The number of allylic oxidation sites excluding steroid dienone is 1. The van der Waals surface area contributed by atoms with Crippen LogP contribution in [0.25, 0.3) is 0 Å². The van der Waals surface area contributed by atoms with E-state index < -0.39 is 15.8 Å². The number of ether oxygens (including phenoxy) is 2. The highest BCUT2D eigenvalue weighted by atomic mass is 32.2. The first-order valence-corrected chi connectivity index (χ1v) is 11.9. The van der Waals surface area contributed by atoms with Gasteiger partial charge >= 0.3 is 0 Å². The number of carbonyl (C=O) groups excluding carboxylic acids is 1. The van der Waals surface area contributed by atoms with Crippen LogP contribution in [0.4, 0.5) is 5.69 Å². The summed E-state index contributed by atoms with van der Waals surface area (Å²) in [6, 6.07) is 19.9. The SMILES string of the molecule is Cc1ccc(CN2c3ccccc3C(=O)C(=CNCc3ccc4c(c3)OCO4)S2(=O)=O)cc1. The summed E-state index contributed by atoms with van der Waals surface area (Å²) >= 11 is 0. The minimum absolute atomic E-state index is 0.131. The molecule has 0 aliphatic carbocycles. The molecule has 33 heavy (non-hydrogen) atoms. The van der Waals surface area contributed by atoms with Gasteiger partial charge < -0.3 is 14.8 Å². The Morgan fingerprint density at radius 3 is 2.52 bits per heavy atom. The van der Waals surface area contributed by atoms with Crippen LogP contribution in [0.3, 0.4) is 0 Å². The minimum Gasteiger partial charge on any atom is -0.454 e. The summed E-state index contributed by atoms with van der Waals surface area (Å²) in [4.78, 5) is 12.8. The number of hydrogen-bond acceptors (Lipinski definition) is 6. The van der Waals surface area contributed by atoms with Crippen molar-refractivity contribution in [3.8, 4) is 11.5 Å². The van der Waals surface area contributed by atoms with E-state index in [1.807, 2.05) is 43.3 Å². The summed E-state index contributed by atoms with van der Waals surface area (Å²) in [7, 11) is -4.06. The first-order valence-electron chi connectivity index (χ1n) is 10.5. The van der Waals surface area contributed by atoms with Gasteiger partial charge in [-0.05, 0) is 42.3 Å². The van der Waals surface area contributed by atoms with Gasteiger partial charge in [0.1, 0.15) is 0 Å². The third kappa shape index (κ3) is 3.93. The minimum atomic E-state index is -4.06. The van der Waals surface area contributed by atoms with Crippen molar-refractivity contribution in [3.05, 3.63) is 100 Å². The normalized spacial score (nSPS) is 17.2. The van der Waals surface area contributed by atoms with Gasteiger partial charge in [0.05, 0.1) is 12.2 Å². The van der Waals surface area contributed by atoms with Crippen LogP contribution in [-0.2, 0) is 23.1 Å². The molecule has 0 saturated heterocycles. The molecule has 0 spiro atoms. The van der Waals surface area contributed by atoms with Crippen LogP contribution in [0.2, 0.25) is 0 Å². The van der Waals surface area contributed by atoms with Gasteiger partial charge in [-0.1, -0.05) is 48.0 Å². The van der Waals surface area contributed by atoms with E-state index in [1.54, 1.807) is 30.3 Å². The average Bonchev–Trinajstić information content (AvgIpc) is 3.28. The number of para-hydroxylation sites is 1. The van der Waals surface area contributed by atoms with Crippen LogP contribution in [-0.4, -0.2) is 21.0 Å². The molecule has 3 aromatic rings. The standard InChI is InChI=1S/C25H22N2O5S/c1-17-6-8-18(9-7-17)15-27-21-5-3-2-4-20(21)25(28)24(33(27,29)30)14-26-13-19-10-11-22-23(12-19)32-16-31-22/h2-12,14,26H,13,15-16H2,1H3. The molecule has 0 atom stereocenters. The first kappa shape index (κ1) is 21.1. The number of sulfonamides is 1. The van der Waals surface area contributed by atoms with Gasteiger partial charge in [0.15, 0.2) is 16.4 Å². The molecule has 0 aromatic heterocycles. The van der Waals surface area contributed by atoms with E-state index >= 15 is 0 Å². The smallest absolute Gasteiger partial charge is 0.270 e. The third-order valence-electron chi connectivity index (χ3n) is 5.63. The maximum atomic E-state index is 13.5. The van der Waals surface area contributed by atoms with E-state index in [0.717, 1.165) is 16.7 Å². The molecular formula is C25H22N2O5S. The number of hydrogen-bond donors (Lipinski definition) is 1. The maximum absolute atomic E-state index is 13.5. The molecule has 8 heteroatoms. The highest BCUT2D eigenvalue weighted by Gasteiger charge is 2.40. The largest absolute Gasteiger partial charge is 0.454 e. The van der Waals surface area contributed by atoms with Crippen LogP contribution in [0, 0.1) is 6.92 Å². The molecule has 3 aromatic carbocycles. The Morgan fingerprint density at radius 1 is 0.970 bits per heavy atom. The van der Waals surface area contributed by atoms with Gasteiger partial charge in [-0.2, -0.15) is 0 Å². The molecule has 2 heterocycles. The number of anilines is 1. The van der Waals surface area contributed by atoms with E-state index in [1.165, 1.54) is 10.5 Å². The molecule has 0 saturated carbocycles. The molecule has 0 unspecified atom stereocenters. The Hall–Kier alpha value is -3.78. The van der Waals surface area contributed by atoms with E-state index in [2.05, 4.69) is 5.32 Å². The van der Waals surface area contributed by atoms with Crippen molar-refractivity contribution >= 4 is 21.5 Å². The van der Waals surface area contributed by atoms with Crippen LogP contribution >= 0.6 is 0 Å². The number of rotatable bonds is 5. The summed E-state index contributed by atoms with van der Waals surface area (Å²) in [6.07, 6.45) is 1.29. The van der Waals surface area contributed by atoms with Crippen molar-refractivity contribution in [1.82, 2.24) is 5.32 Å². The number of carbonyl (C=O) groups is 1. The highest BCUT2D eigenvalue weighted by Crippen LogP contribution is 2.36. The zero-order chi connectivity index (χ0) is 23.0. The number of ketones is 1.